The summed E-state index contributed by atoms with van der Waals surface area (Å²) in [5.41, 5.74) is 2.65. The molecule has 0 saturated heterocycles. The second-order valence-electron chi connectivity index (χ2n) is 8.70. The highest BCUT2D eigenvalue weighted by Crippen LogP contribution is 2.41. The molecule has 1 aromatic carbocycles. The number of unbranched alkanes of at least 4 members (excludes halogenated alkanes) is 1. The Hall–Kier alpha value is -1.22. The first kappa shape index (κ1) is 18.6. The monoisotopic (exact) mass is 336 g/mol. The Labute approximate surface area is 155 Å². The second-order valence-corrected chi connectivity index (χ2v) is 8.70. The van der Waals surface area contributed by atoms with Crippen LogP contribution in [0.3, 0.4) is 0 Å². The van der Waals surface area contributed by atoms with Gasteiger partial charge >= 0.3 is 0 Å². The Balaban J connectivity index is 1.45. The molecule has 0 atom stereocenters. The lowest BCUT2D eigenvalue weighted by molar-refractivity contribution is 0.162. The predicted octanol–water partition coefficient (Wildman–Crippen LogP) is 7.01. The molecule has 0 N–H and O–H groups in total. The molecule has 0 aliphatic heterocycles. The largest absolute Gasteiger partial charge is 0.0945 e. The van der Waals surface area contributed by atoms with Crippen LogP contribution in [-0.4, -0.2) is 0 Å². The Morgan fingerprint density at radius 1 is 0.840 bits per heavy atom. The van der Waals surface area contributed by atoms with Crippen molar-refractivity contribution in [1.82, 2.24) is 0 Å². The van der Waals surface area contributed by atoms with Crippen molar-refractivity contribution in [2.45, 2.75) is 84.5 Å². The third-order valence-corrected chi connectivity index (χ3v) is 6.69. The maximum atomic E-state index is 3.58. The third kappa shape index (κ3) is 5.64. The van der Waals surface area contributed by atoms with Crippen molar-refractivity contribution in [3.63, 3.8) is 0 Å². The fourth-order valence-electron chi connectivity index (χ4n) is 4.81. The Morgan fingerprint density at radius 2 is 1.44 bits per heavy atom. The first-order valence-electron chi connectivity index (χ1n) is 10.8. The van der Waals surface area contributed by atoms with Gasteiger partial charge in [-0.25, -0.2) is 0 Å². The van der Waals surface area contributed by atoms with Crippen LogP contribution in [0.2, 0.25) is 0 Å². The van der Waals surface area contributed by atoms with Gasteiger partial charge in [-0.05, 0) is 86.8 Å². The fourth-order valence-corrected chi connectivity index (χ4v) is 4.81. The van der Waals surface area contributed by atoms with Crippen molar-refractivity contribution < 1.29 is 0 Å². The molecule has 0 amide bonds. The molecule has 2 fully saturated rings. The molecule has 2 aliphatic carbocycles. The molecule has 1 aromatic rings. The summed E-state index contributed by atoms with van der Waals surface area (Å²) >= 11 is 0. The number of hydrogen-bond acceptors (Lipinski definition) is 0. The topological polar surface area (TPSA) is 0 Å². The average Bonchev–Trinajstić information content (AvgIpc) is 2.67. The zero-order chi connectivity index (χ0) is 17.5. The van der Waals surface area contributed by atoms with Crippen LogP contribution >= 0.6 is 0 Å². The summed E-state index contributed by atoms with van der Waals surface area (Å²) in [7, 11) is 0. The normalized spacial score (nSPS) is 29.7. The van der Waals surface area contributed by atoms with Gasteiger partial charge < -0.3 is 0 Å². The molecular formula is C25H36. The zero-order valence-corrected chi connectivity index (χ0v) is 16.4. The van der Waals surface area contributed by atoms with Crippen LogP contribution in [-0.2, 0) is 6.42 Å². The molecule has 0 radical (unpaired) electrons. The van der Waals surface area contributed by atoms with Crippen molar-refractivity contribution in [2.24, 2.45) is 23.7 Å². The van der Waals surface area contributed by atoms with Gasteiger partial charge in [0, 0.05) is 11.5 Å². The molecule has 136 valence electrons. The van der Waals surface area contributed by atoms with Crippen LogP contribution in [0.25, 0.3) is 0 Å². The van der Waals surface area contributed by atoms with Crippen LogP contribution < -0.4 is 0 Å². The van der Waals surface area contributed by atoms with Crippen LogP contribution in [0.4, 0.5) is 0 Å². The van der Waals surface area contributed by atoms with E-state index in [1.165, 1.54) is 81.8 Å². The number of rotatable bonds is 4. The molecular weight excluding hydrogens is 300 g/mol. The van der Waals surface area contributed by atoms with E-state index in [1.54, 1.807) is 0 Å². The standard InChI is InChI=1S/C25H36/c1-3-4-5-21-8-10-22(11-9-21)12-13-23-14-18-25(19-15-23)24-16-6-20(2)7-17-24/h8-11,20,23-25H,3-7,14-19H2,1-2H3. The summed E-state index contributed by atoms with van der Waals surface area (Å²) in [5, 5.41) is 0. The van der Waals surface area contributed by atoms with Gasteiger partial charge in [0.15, 0.2) is 0 Å². The van der Waals surface area contributed by atoms with Gasteiger partial charge in [-0.15, -0.1) is 0 Å². The number of hydrogen-bond donors (Lipinski definition) is 0. The molecule has 0 spiro atoms. The first-order valence-corrected chi connectivity index (χ1v) is 10.8. The predicted molar refractivity (Wildman–Crippen MR) is 109 cm³/mol. The average molecular weight is 337 g/mol. The van der Waals surface area contributed by atoms with Gasteiger partial charge in [0.05, 0.1) is 0 Å². The summed E-state index contributed by atoms with van der Waals surface area (Å²) < 4.78 is 0. The molecule has 0 nitrogen and oxygen atoms in total. The molecule has 3 rings (SSSR count). The summed E-state index contributed by atoms with van der Waals surface area (Å²) in [6.45, 7) is 4.68. The van der Waals surface area contributed by atoms with Crippen LogP contribution in [0, 0.1) is 35.5 Å². The van der Waals surface area contributed by atoms with Gasteiger partial charge in [0.25, 0.3) is 0 Å². The molecule has 0 heteroatoms. The van der Waals surface area contributed by atoms with E-state index in [0.717, 1.165) is 17.8 Å². The van der Waals surface area contributed by atoms with E-state index in [9.17, 15) is 0 Å². The maximum absolute atomic E-state index is 3.58. The highest BCUT2D eigenvalue weighted by molar-refractivity contribution is 5.36. The van der Waals surface area contributed by atoms with Crippen LogP contribution in [0.5, 0.6) is 0 Å². The molecule has 0 unspecified atom stereocenters. The van der Waals surface area contributed by atoms with Gasteiger partial charge in [-0.2, -0.15) is 0 Å². The van der Waals surface area contributed by atoms with Crippen LogP contribution in [0.15, 0.2) is 24.3 Å². The maximum Gasteiger partial charge on any atom is 0.0245 e. The second kappa shape index (κ2) is 9.47. The minimum atomic E-state index is 0.638. The van der Waals surface area contributed by atoms with Gasteiger partial charge in [-0.1, -0.05) is 57.1 Å². The molecule has 0 aromatic heterocycles. The Bertz CT molecular complexity index is 554. The fraction of sp³-hybridized carbons (Fsp3) is 0.680. The minimum Gasteiger partial charge on any atom is -0.0945 e. The lowest BCUT2D eigenvalue weighted by Crippen LogP contribution is -2.24. The molecule has 0 bridgehead atoms. The smallest absolute Gasteiger partial charge is 0.0245 e. The number of aryl methyl sites for hydroxylation is 1. The molecule has 2 aliphatic rings. The van der Waals surface area contributed by atoms with Gasteiger partial charge in [0.2, 0.25) is 0 Å². The first-order chi connectivity index (χ1) is 12.2. The minimum absolute atomic E-state index is 0.638. The van der Waals surface area contributed by atoms with E-state index in [1.807, 2.05) is 0 Å². The van der Waals surface area contributed by atoms with Crippen LogP contribution in [0.1, 0.15) is 89.2 Å². The molecule has 0 heterocycles. The highest BCUT2D eigenvalue weighted by atomic mass is 14.3. The van der Waals surface area contributed by atoms with E-state index in [4.69, 9.17) is 0 Å². The Kier molecular flexibility index (Phi) is 7.03. The van der Waals surface area contributed by atoms with Crippen molar-refractivity contribution in [1.29, 1.82) is 0 Å². The zero-order valence-electron chi connectivity index (χ0n) is 16.4. The summed E-state index contributed by atoms with van der Waals surface area (Å²) in [6.07, 6.45) is 15.2. The van der Waals surface area contributed by atoms with E-state index < -0.39 is 0 Å². The van der Waals surface area contributed by atoms with Gasteiger partial charge in [-0.3, -0.25) is 0 Å². The van der Waals surface area contributed by atoms with E-state index in [2.05, 4.69) is 50.0 Å². The lowest BCUT2D eigenvalue weighted by atomic mass is 9.69. The van der Waals surface area contributed by atoms with Crippen molar-refractivity contribution in [3.8, 4) is 11.8 Å². The quantitative estimate of drug-likeness (QED) is 0.518. The Morgan fingerprint density at radius 3 is 2.04 bits per heavy atom. The lowest BCUT2D eigenvalue weighted by Gasteiger charge is -2.36. The third-order valence-electron chi connectivity index (χ3n) is 6.69. The van der Waals surface area contributed by atoms with E-state index >= 15 is 0 Å². The van der Waals surface area contributed by atoms with E-state index in [0.29, 0.717) is 5.92 Å². The molecule has 2 saturated carbocycles. The summed E-state index contributed by atoms with van der Waals surface area (Å²) in [6, 6.07) is 8.96. The van der Waals surface area contributed by atoms with Crippen molar-refractivity contribution in [2.75, 3.05) is 0 Å². The van der Waals surface area contributed by atoms with Gasteiger partial charge in [0.1, 0.15) is 0 Å². The van der Waals surface area contributed by atoms with Crippen molar-refractivity contribution >= 4 is 0 Å². The SMILES string of the molecule is CCCCc1ccc(C#CC2CCC(C3CCC(C)CC3)CC2)cc1. The van der Waals surface area contributed by atoms with Crippen molar-refractivity contribution in [3.05, 3.63) is 35.4 Å². The highest BCUT2D eigenvalue weighted by Gasteiger charge is 2.29. The summed E-state index contributed by atoms with van der Waals surface area (Å²) in [5.74, 6) is 10.7. The molecule has 25 heavy (non-hydrogen) atoms. The van der Waals surface area contributed by atoms with E-state index in [-0.39, 0.29) is 0 Å². The number of benzene rings is 1. The summed E-state index contributed by atoms with van der Waals surface area (Å²) in [4.78, 5) is 0.